The first-order chi connectivity index (χ1) is 64.1. The second-order valence-electron chi connectivity index (χ2n) is 30.4. The molecule has 0 bridgehead atoms. The SMILES string of the molecule is O=C(C[C@H](NC(=O)CC[C@H](NC(=O)OCC1c2ccccc2-c2ccccc21)C(=O)O)C(=O)NCCOCCOCCOCCOCCOCCOCCOCCOCCN(C[C@H](O)[C@@H](O)[C@H](O)[C@H](O)CO)C[C@H](O)[C@@H](O)[C@H](O)[C@H](O)CO)NCCOCCOCCOCCOCCOCCOCCOCCOCCN(C[C@H](O)[C@@H](O)[C@H](O)[C@H](O)CO)C[C@H](O)[C@@H](O)[C@H](O)[C@H](O)CO. The fraction of sp³-hybridized carbons (Fsp3) is 0.798. The third kappa shape index (κ3) is 53.7. The molecule has 1 aliphatic rings. The summed E-state index contributed by atoms with van der Waals surface area (Å²) in [6.45, 7) is 1.59. The van der Waals surface area contributed by atoms with Crippen LogP contribution in [0, 0.1) is 0 Å². The van der Waals surface area contributed by atoms with Gasteiger partial charge in [0.15, 0.2) is 0 Å². The van der Waals surface area contributed by atoms with Gasteiger partial charge in [-0.1, -0.05) is 48.5 Å². The summed E-state index contributed by atoms with van der Waals surface area (Å²) in [6, 6.07) is 12.4. The van der Waals surface area contributed by atoms with E-state index in [0.29, 0.717) is 66.1 Å². The fourth-order valence-corrected chi connectivity index (χ4v) is 12.6. The number of fused-ring (bicyclic) bond motifs is 3. The number of carboxylic acid groups (broad SMARTS) is 1. The molecule has 0 radical (unpaired) electrons. The van der Waals surface area contributed by atoms with Gasteiger partial charge < -0.3 is 209 Å². The van der Waals surface area contributed by atoms with Crippen molar-refractivity contribution in [3.63, 3.8) is 0 Å². The Morgan fingerprint density at radius 3 is 0.842 bits per heavy atom. The Bertz CT molecular complexity index is 3150. The monoisotopic (exact) mass is 1930 g/mol. The van der Waals surface area contributed by atoms with Crippen LogP contribution in [-0.2, 0) is 99.7 Å². The van der Waals surface area contributed by atoms with Crippen LogP contribution in [0.1, 0.15) is 36.3 Å². The second-order valence-corrected chi connectivity index (χ2v) is 30.4. The van der Waals surface area contributed by atoms with E-state index in [0.717, 1.165) is 22.3 Å². The number of nitrogens with one attached hydrogen (secondary N) is 4. The number of amides is 4. The zero-order valence-electron chi connectivity index (χ0n) is 75.3. The Balaban J connectivity index is 1.25. The van der Waals surface area contributed by atoms with Crippen LogP contribution in [0.3, 0.4) is 0 Å². The lowest BCUT2D eigenvalue weighted by atomic mass is 9.98. The molecule has 133 heavy (non-hydrogen) atoms. The van der Waals surface area contributed by atoms with Crippen molar-refractivity contribution >= 4 is 29.8 Å². The maximum absolute atomic E-state index is 13.5. The minimum atomic E-state index is -1.92. The summed E-state index contributed by atoms with van der Waals surface area (Å²) in [7, 11) is 0. The number of nitrogens with zero attached hydrogens (tertiary/aromatic N) is 2. The summed E-state index contributed by atoms with van der Waals surface area (Å²) >= 11 is 0. The Morgan fingerprint density at radius 2 is 0.564 bits per heavy atom. The number of benzene rings is 2. The average molecular weight is 1930 g/mol. The van der Waals surface area contributed by atoms with Gasteiger partial charge in [0.1, 0.15) is 91.9 Å². The lowest BCUT2D eigenvalue weighted by Crippen LogP contribution is -2.53. The molecule has 0 aromatic heterocycles. The smallest absolute Gasteiger partial charge is 0.407 e. The summed E-state index contributed by atoms with van der Waals surface area (Å²) < 4.78 is 94.0. The predicted molar refractivity (Wildman–Crippen MR) is 462 cm³/mol. The lowest BCUT2D eigenvalue weighted by molar-refractivity contribution is -0.139. The predicted octanol–water partition coefficient (Wildman–Crippen LogP) is -11.5. The highest BCUT2D eigenvalue weighted by Crippen LogP contribution is 2.44. The number of aliphatic hydroxyl groups excluding tert-OH is 20. The number of carbonyl (C=O) groups is 5. The van der Waals surface area contributed by atoms with Gasteiger partial charge in [0, 0.05) is 64.7 Å². The molecule has 49 heteroatoms. The van der Waals surface area contributed by atoms with Crippen LogP contribution in [0.5, 0.6) is 0 Å². The van der Waals surface area contributed by atoms with Crippen molar-refractivity contribution in [2.24, 2.45) is 0 Å². The Labute approximate surface area is 772 Å². The molecule has 25 N–H and O–H groups in total. The Morgan fingerprint density at radius 1 is 0.308 bits per heavy atom. The number of aliphatic hydroxyl groups is 20. The molecule has 49 nitrogen and oxygen atoms in total. The summed E-state index contributed by atoms with van der Waals surface area (Å²) in [5.74, 6) is -3.87. The van der Waals surface area contributed by atoms with Gasteiger partial charge in [0.05, 0.1) is 269 Å². The molecule has 18 atom stereocenters. The highest BCUT2D eigenvalue weighted by molar-refractivity contribution is 5.92. The van der Waals surface area contributed by atoms with Gasteiger partial charge in [-0.15, -0.1) is 0 Å². The highest BCUT2D eigenvalue weighted by Gasteiger charge is 2.38. The first-order valence-corrected chi connectivity index (χ1v) is 44.3. The zero-order valence-corrected chi connectivity index (χ0v) is 75.3. The van der Waals surface area contributed by atoms with Crippen molar-refractivity contribution in [3.05, 3.63) is 59.7 Å². The van der Waals surface area contributed by atoms with Gasteiger partial charge in [-0.05, 0) is 28.7 Å². The second kappa shape index (κ2) is 76.0. The standard InChI is InChI=1S/C84H148N6O43/c91-52-68(99)78(109)74(105)64(95)48-89(49-65(96)75(106)79(110)69(100)53-92)13-17-119-21-25-123-29-33-127-37-41-131-45-43-129-39-35-125-31-27-121-23-19-117-15-11-85-73(104)47-63(87-72(103)10-9-62(83(114)115)88-84(116)133-56-61-59-7-3-1-5-57(59)58-6-2-4-8-60(58)61)82(113)86-12-16-118-20-24-122-28-32-126-36-40-130-44-46-132-42-38-128-34-30-124-26-22-120-18-14-90(50-66(97)76(107)80(111)70(101)54-93)51-67(98)77(108)81(112)71(102)55-94/h1-8,61-71,74-81,91-102,105-112H,9-56H2,(H,85,104)(H,86,113)(H,87,103)(H,88,116)(H,114,115)/t62-,63-,64-,65-,66-,67-,68+,69+,70+,71+,74+,75+,76+,77+,78+,79+,80+,81+/m0/s1. The van der Waals surface area contributed by atoms with Gasteiger partial charge in [0.25, 0.3) is 0 Å². The average Bonchev–Trinajstić information content (AvgIpc) is 1.61. The zero-order chi connectivity index (χ0) is 97.8. The van der Waals surface area contributed by atoms with Gasteiger partial charge >= 0.3 is 12.1 Å². The van der Waals surface area contributed by atoms with Crippen LogP contribution in [-0.4, -0.2) is 553 Å². The summed E-state index contributed by atoms with van der Waals surface area (Å²) in [4.78, 5) is 68.1. The fourth-order valence-electron chi connectivity index (χ4n) is 12.6. The van der Waals surface area contributed by atoms with Gasteiger partial charge in [-0.25, -0.2) is 9.59 Å². The molecule has 0 spiro atoms. The summed E-state index contributed by atoms with van der Waals surface area (Å²) in [5.41, 5.74) is 3.89. The van der Waals surface area contributed by atoms with Crippen LogP contribution in [0.15, 0.2) is 48.5 Å². The van der Waals surface area contributed by atoms with Crippen molar-refractivity contribution < 1.29 is 212 Å². The van der Waals surface area contributed by atoms with E-state index < -0.39 is 211 Å². The van der Waals surface area contributed by atoms with Gasteiger partial charge in [0.2, 0.25) is 17.7 Å². The largest absolute Gasteiger partial charge is 0.480 e. The quantitative estimate of drug-likeness (QED) is 0.0274. The lowest BCUT2D eigenvalue weighted by Gasteiger charge is -2.33. The van der Waals surface area contributed by atoms with Crippen LogP contribution in [0.4, 0.5) is 4.79 Å². The molecule has 0 aliphatic heterocycles. The molecule has 2 aromatic carbocycles. The van der Waals surface area contributed by atoms with Crippen molar-refractivity contribution in [1.82, 2.24) is 31.1 Å². The summed E-state index contributed by atoms with van der Waals surface area (Å²) in [6.07, 6.45) is -31.6. The Hall–Kier alpha value is -5.93. The molecule has 0 heterocycles. The van der Waals surface area contributed by atoms with Crippen LogP contribution in [0.25, 0.3) is 11.1 Å². The number of carboxylic acids is 1. The third-order valence-electron chi connectivity index (χ3n) is 20.1. The molecule has 3 rings (SSSR count). The van der Waals surface area contributed by atoms with Gasteiger partial charge in [-0.2, -0.15) is 0 Å². The molecule has 1 aliphatic carbocycles. The van der Waals surface area contributed by atoms with E-state index in [2.05, 4.69) is 21.3 Å². The van der Waals surface area contributed by atoms with E-state index in [1.807, 2.05) is 48.5 Å². The molecule has 0 saturated carbocycles. The van der Waals surface area contributed by atoms with Gasteiger partial charge in [-0.3, -0.25) is 24.2 Å². The van der Waals surface area contributed by atoms with E-state index in [1.54, 1.807) is 0 Å². The van der Waals surface area contributed by atoms with E-state index in [9.17, 15) is 111 Å². The van der Waals surface area contributed by atoms with Crippen LogP contribution in [0.2, 0.25) is 0 Å². The molecule has 0 unspecified atom stereocenters. The van der Waals surface area contributed by atoms with E-state index in [-0.39, 0.29) is 184 Å². The van der Waals surface area contributed by atoms with Crippen molar-refractivity contribution in [2.45, 2.75) is 135 Å². The summed E-state index contributed by atoms with van der Waals surface area (Å²) in [5, 5.41) is 218. The third-order valence-corrected chi connectivity index (χ3v) is 20.1. The first-order valence-electron chi connectivity index (χ1n) is 44.3. The van der Waals surface area contributed by atoms with E-state index in [1.165, 1.54) is 9.80 Å². The molecular formula is C84H148N6O43. The highest BCUT2D eigenvalue weighted by atomic mass is 16.6. The maximum Gasteiger partial charge on any atom is 0.407 e. The normalized spacial score (nSPS) is 16.4. The maximum atomic E-state index is 13.5. The molecule has 2 aromatic rings. The number of hydrogen-bond donors (Lipinski definition) is 25. The van der Waals surface area contributed by atoms with Crippen LogP contribution < -0.4 is 21.3 Å². The minimum absolute atomic E-state index is 0.00873. The number of hydrogen-bond acceptors (Lipinski definition) is 44. The minimum Gasteiger partial charge on any atom is -0.480 e. The molecule has 772 valence electrons. The Kier molecular flexibility index (Phi) is 69.3. The number of rotatable bonds is 89. The molecular weight excluding hydrogens is 1780 g/mol. The van der Waals surface area contributed by atoms with Crippen molar-refractivity contribution in [2.75, 3.05) is 297 Å². The van der Waals surface area contributed by atoms with E-state index >= 15 is 0 Å². The molecule has 0 fully saturated rings. The number of carbonyl (C=O) groups excluding carboxylic acids is 4. The van der Waals surface area contributed by atoms with Crippen molar-refractivity contribution in [3.8, 4) is 11.1 Å². The topological polar surface area (TPSA) is 722 Å². The van der Waals surface area contributed by atoms with Crippen molar-refractivity contribution in [1.29, 1.82) is 0 Å². The number of ether oxygens (including phenoxy) is 17. The van der Waals surface area contributed by atoms with E-state index in [4.69, 9.17) is 101 Å². The van der Waals surface area contributed by atoms with Crippen LogP contribution >= 0.6 is 0 Å². The first kappa shape index (κ1) is 121. The number of aliphatic carboxylic acids is 1. The molecule has 0 saturated heterocycles. The molecule has 4 amide bonds. The number of alkyl carbamates (subject to hydrolysis) is 1.